The predicted molar refractivity (Wildman–Crippen MR) is 71.8 cm³/mol. The lowest BCUT2D eigenvalue weighted by Gasteiger charge is -2.20. The Morgan fingerprint density at radius 2 is 1.69 bits per heavy atom. The zero-order chi connectivity index (χ0) is 11.9. The first-order valence-corrected chi connectivity index (χ1v) is 7.04. The molecule has 0 aromatic rings. The molecule has 1 aliphatic rings. The van der Waals surface area contributed by atoms with Crippen molar-refractivity contribution in [3.8, 4) is 0 Å². The molecule has 96 valence electrons. The highest BCUT2D eigenvalue weighted by Crippen LogP contribution is 2.28. The lowest BCUT2D eigenvalue weighted by molar-refractivity contribution is 0.416. The van der Waals surface area contributed by atoms with Gasteiger partial charge in [0.1, 0.15) is 0 Å². The average molecular weight is 226 g/mol. The summed E-state index contributed by atoms with van der Waals surface area (Å²) in [7, 11) is 0. The molecule has 0 amide bonds. The minimum absolute atomic E-state index is 0.255. The van der Waals surface area contributed by atoms with Gasteiger partial charge in [-0.3, -0.25) is 0 Å². The highest BCUT2D eigenvalue weighted by atomic mass is 15.0. The molecule has 1 rings (SSSR count). The molecule has 0 atom stereocenters. The molecule has 0 heterocycles. The number of hydrogen-bond acceptors (Lipinski definition) is 2. The molecule has 16 heavy (non-hydrogen) atoms. The maximum absolute atomic E-state index is 3.52. The fourth-order valence-electron chi connectivity index (χ4n) is 2.47. The van der Waals surface area contributed by atoms with Gasteiger partial charge in [0.05, 0.1) is 0 Å². The van der Waals surface area contributed by atoms with E-state index in [1.54, 1.807) is 0 Å². The van der Waals surface area contributed by atoms with Gasteiger partial charge in [-0.2, -0.15) is 0 Å². The Bertz CT molecular complexity index is 166. The lowest BCUT2D eigenvalue weighted by Crippen LogP contribution is -2.40. The topological polar surface area (TPSA) is 24.1 Å². The van der Waals surface area contributed by atoms with E-state index in [0.717, 1.165) is 19.0 Å². The molecule has 1 aliphatic carbocycles. The van der Waals surface area contributed by atoms with Gasteiger partial charge >= 0.3 is 0 Å². The summed E-state index contributed by atoms with van der Waals surface area (Å²) in [5.41, 5.74) is 0.255. The average Bonchev–Trinajstić information content (AvgIpc) is 2.67. The van der Waals surface area contributed by atoms with Crippen LogP contribution < -0.4 is 10.6 Å². The van der Waals surface area contributed by atoms with Crippen LogP contribution in [0.25, 0.3) is 0 Å². The van der Waals surface area contributed by atoms with Gasteiger partial charge in [0.2, 0.25) is 0 Å². The van der Waals surface area contributed by atoms with E-state index in [1.807, 2.05) is 0 Å². The molecule has 0 saturated heterocycles. The van der Waals surface area contributed by atoms with Crippen molar-refractivity contribution >= 4 is 0 Å². The second-order valence-corrected chi connectivity index (χ2v) is 6.22. The standard InChI is InChI=1S/C14H30N2/c1-14(2,3)16-12-11-15-10-6-9-13-7-4-5-8-13/h13,15-16H,4-12H2,1-3H3. The molecular formula is C14H30N2. The Balaban J connectivity index is 1.81. The van der Waals surface area contributed by atoms with Crippen molar-refractivity contribution in [2.45, 2.75) is 64.8 Å². The molecule has 0 aromatic heterocycles. The molecule has 0 radical (unpaired) electrons. The smallest absolute Gasteiger partial charge is 0.00970 e. The van der Waals surface area contributed by atoms with Crippen molar-refractivity contribution < 1.29 is 0 Å². The first-order chi connectivity index (χ1) is 7.58. The molecule has 2 N–H and O–H groups in total. The number of nitrogens with one attached hydrogen (secondary N) is 2. The first-order valence-electron chi connectivity index (χ1n) is 7.04. The fourth-order valence-corrected chi connectivity index (χ4v) is 2.47. The van der Waals surface area contributed by atoms with Crippen LogP contribution in [0, 0.1) is 5.92 Å². The highest BCUT2D eigenvalue weighted by molar-refractivity contribution is 4.71. The van der Waals surface area contributed by atoms with E-state index in [0.29, 0.717) is 0 Å². The Hall–Kier alpha value is -0.0800. The molecule has 2 heteroatoms. The van der Waals surface area contributed by atoms with Crippen molar-refractivity contribution in [2.24, 2.45) is 5.92 Å². The summed E-state index contributed by atoms with van der Waals surface area (Å²) in [6.07, 6.45) is 8.75. The molecule has 0 aromatic carbocycles. The van der Waals surface area contributed by atoms with Gasteiger partial charge in [0.25, 0.3) is 0 Å². The summed E-state index contributed by atoms with van der Waals surface area (Å²) in [4.78, 5) is 0. The van der Waals surface area contributed by atoms with Crippen molar-refractivity contribution in [1.29, 1.82) is 0 Å². The third-order valence-electron chi connectivity index (χ3n) is 3.40. The van der Waals surface area contributed by atoms with Gasteiger partial charge in [-0.05, 0) is 46.1 Å². The summed E-state index contributed by atoms with van der Waals surface area (Å²) in [6, 6.07) is 0. The van der Waals surface area contributed by atoms with E-state index < -0.39 is 0 Å². The summed E-state index contributed by atoms with van der Waals surface area (Å²) >= 11 is 0. The van der Waals surface area contributed by atoms with Crippen LogP contribution in [0.4, 0.5) is 0 Å². The van der Waals surface area contributed by atoms with Gasteiger partial charge < -0.3 is 10.6 Å². The first kappa shape index (κ1) is 14.0. The molecular weight excluding hydrogens is 196 g/mol. The van der Waals surface area contributed by atoms with Gasteiger partial charge in [0.15, 0.2) is 0 Å². The number of rotatable bonds is 7. The highest BCUT2D eigenvalue weighted by Gasteiger charge is 2.13. The summed E-state index contributed by atoms with van der Waals surface area (Å²) in [6.45, 7) is 10.0. The minimum atomic E-state index is 0.255. The fraction of sp³-hybridized carbons (Fsp3) is 1.00. The molecule has 0 unspecified atom stereocenters. The zero-order valence-electron chi connectivity index (χ0n) is 11.4. The van der Waals surface area contributed by atoms with Gasteiger partial charge in [-0.1, -0.05) is 25.7 Å². The normalized spacial score (nSPS) is 18.2. The molecule has 0 aliphatic heterocycles. The van der Waals surface area contributed by atoms with Crippen LogP contribution in [0.1, 0.15) is 59.3 Å². The summed E-state index contributed by atoms with van der Waals surface area (Å²) in [5, 5.41) is 7.01. The molecule has 0 bridgehead atoms. The second kappa shape index (κ2) is 7.29. The van der Waals surface area contributed by atoms with E-state index >= 15 is 0 Å². The number of hydrogen-bond donors (Lipinski definition) is 2. The summed E-state index contributed by atoms with van der Waals surface area (Å²) in [5.74, 6) is 1.05. The molecule has 2 nitrogen and oxygen atoms in total. The Morgan fingerprint density at radius 3 is 2.31 bits per heavy atom. The zero-order valence-corrected chi connectivity index (χ0v) is 11.4. The SMILES string of the molecule is CC(C)(C)NCCNCCCC1CCCC1. The van der Waals surface area contributed by atoms with Crippen LogP contribution in [0.5, 0.6) is 0 Å². The van der Waals surface area contributed by atoms with Crippen LogP contribution in [0.15, 0.2) is 0 Å². The monoisotopic (exact) mass is 226 g/mol. The molecule has 0 spiro atoms. The van der Waals surface area contributed by atoms with Crippen molar-refractivity contribution in [3.63, 3.8) is 0 Å². The van der Waals surface area contributed by atoms with Crippen molar-refractivity contribution in [3.05, 3.63) is 0 Å². The third kappa shape index (κ3) is 7.24. The van der Waals surface area contributed by atoms with Gasteiger partial charge in [-0.25, -0.2) is 0 Å². The van der Waals surface area contributed by atoms with E-state index in [-0.39, 0.29) is 5.54 Å². The predicted octanol–water partition coefficient (Wildman–Crippen LogP) is 2.93. The van der Waals surface area contributed by atoms with E-state index in [1.165, 1.54) is 45.1 Å². The van der Waals surface area contributed by atoms with Gasteiger partial charge in [-0.15, -0.1) is 0 Å². The van der Waals surface area contributed by atoms with E-state index in [9.17, 15) is 0 Å². The van der Waals surface area contributed by atoms with Crippen molar-refractivity contribution in [2.75, 3.05) is 19.6 Å². The molecule has 1 saturated carbocycles. The van der Waals surface area contributed by atoms with Crippen LogP contribution >= 0.6 is 0 Å². The van der Waals surface area contributed by atoms with Crippen LogP contribution in [0.2, 0.25) is 0 Å². The van der Waals surface area contributed by atoms with E-state index in [2.05, 4.69) is 31.4 Å². The Morgan fingerprint density at radius 1 is 1.00 bits per heavy atom. The van der Waals surface area contributed by atoms with Gasteiger partial charge in [0, 0.05) is 18.6 Å². The summed E-state index contributed by atoms with van der Waals surface area (Å²) < 4.78 is 0. The Labute approximate surface area is 102 Å². The molecule has 1 fully saturated rings. The largest absolute Gasteiger partial charge is 0.315 e. The third-order valence-corrected chi connectivity index (χ3v) is 3.40. The second-order valence-electron chi connectivity index (χ2n) is 6.22. The quantitative estimate of drug-likeness (QED) is 0.652. The van der Waals surface area contributed by atoms with Crippen LogP contribution in [-0.2, 0) is 0 Å². The van der Waals surface area contributed by atoms with Crippen LogP contribution in [-0.4, -0.2) is 25.2 Å². The Kier molecular flexibility index (Phi) is 6.37. The lowest BCUT2D eigenvalue weighted by atomic mass is 10.0. The maximum atomic E-state index is 3.52. The van der Waals surface area contributed by atoms with Crippen molar-refractivity contribution in [1.82, 2.24) is 10.6 Å². The minimum Gasteiger partial charge on any atom is -0.315 e. The van der Waals surface area contributed by atoms with Crippen LogP contribution in [0.3, 0.4) is 0 Å². The van der Waals surface area contributed by atoms with E-state index in [4.69, 9.17) is 0 Å². The maximum Gasteiger partial charge on any atom is 0.00970 e.